The number of amides is 2. The zero-order chi connectivity index (χ0) is 24.2. The lowest BCUT2D eigenvalue weighted by Crippen LogP contribution is -2.27. The van der Waals surface area contributed by atoms with E-state index in [0.717, 1.165) is 29.1 Å². The molecule has 0 radical (unpaired) electrons. The van der Waals surface area contributed by atoms with Crippen LogP contribution in [0.3, 0.4) is 0 Å². The van der Waals surface area contributed by atoms with Crippen molar-refractivity contribution < 1.29 is 24.0 Å². The SMILES string of the molecule is COc1cc(/C=C2\SC(=O)N(Cc3cccc(C)c3)C2=O)ccc1Oc1ccc([N+](=O)[O-])cn1. The number of methoxy groups -OCH3 is 1. The molecule has 0 saturated carbocycles. The Balaban J connectivity index is 1.52. The van der Waals surface area contributed by atoms with Gasteiger partial charge in [0.15, 0.2) is 11.5 Å². The molecule has 4 rings (SSSR count). The number of aryl methyl sites for hydroxylation is 1. The lowest BCUT2D eigenvalue weighted by atomic mass is 10.1. The molecule has 1 aromatic heterocycles. The summed E-state index contributed by atoms with van der Waals surface area (Å²) in [5, 5.41) is 10.4. The molecular formula is C24H19N3O6S. The van der Waals surface area contributed by atoms with Crippen LogP contribution in [0.1, 0.15) is 16.7 Å². The van der Waals surface area contributed by atoms with E-state index in [1.807, 2.05) is 31.2 Å². The third-order valence-electron chi connectivity index (χ3n) is 4.93. The van der Waals surface area contributed by atoms with Crippen LogP contribution in [-0.4, -0.2) is 33.1 Å². The maximum Gasteiger partial charge on any atom is 0.293 e. The number of ether oxygens (including phenoxy) is 2. The fraction of sp³-hybridized carbons (Fsp3) is 0.125. The molecule has 3 aromatic rings. The van der Waals surface area contributed by atoms with E-state index in [1.54, 1.807) is 24.3 Å². The van der Waals surface area contributed by atoms with Gasteiger partial charge in [-0.05, 0) is 48.0 Å². The van der Waals surface area contributed by atoms with E-state index in [-0.39, 0.29) is 29.3 Å². The molecule has 172 valence electrons. The average molecular weight is 477 g/mol. The topological polar surface area (TPSA) is 112 Å². The highest BCUT2D eigenvalue weighted by Gasteiger charge is 2.35. The molecule has 0 aliphatic carbocycles. The number of imide groups is 1. The second kappa shape index (κ2) is 9.75. The van der Waals surface area contributed by atoms with Crippen LogP contribution in [0.4, 0.5) is 10.5 Å². The molecule has 0 spiro atoms. The predicted octanol–water partition coefficient (Wildman–Crippen LogP) is 5.34. The van der Waals surface area contributed by atoms with Crippen molar-refractivity contribution in [3.8, 4) is 17.4 Å². The van der Waals surface area contributed by atoms with Crippen molar-refractivity contribution in [1.82, 2.24) is 9.88 Å². The Morgan fingerprint density at radius 2 is 1.94 bits per heavy atom. The number of aromatic nitrogens is 1. The summed E-state index contributed by atoms with van der Waals surface area (Å²) in [5.74, 6) is 0.515. The Morgan fingerprint density at radius 3 is 2.62 bits per heavy atom. The van der Waals surface area contributed by atoms with E-state index in [4.69, 9.17) is 9.47 Å². The zero-order valence-electron chi connectivity index (χ0n) is 18.3. The third-order valence-corrected chi connectivity index (χ3v) is 5.84. The fourth-order valence-corrected chi connectivity index (χ4v) is 4.13. The van der Waals surface area contributed by atoms with E-state index in [2.05, 4.69) is 4.98 Å². The first-order valence-corrected chi connectivity index (χ1v) is 10.9. The molecule has 0 unspecified atom stereocenters. The Hall–Kier alpha value is -4.18. The summed E-state index contributed by atoms with van der Waals surface area (Å²) in [6, 6.07) is 15.3. The molecule has 0 N–H and O–H groups in total. The van der Waals surface area contributed by atoms with Crippen LogP contribution < -0.4 is 9.47 Å². The second-order valence-corrected chi connectivity index (χ2v) is 8.37. The van der Waals surface area contributed by atoms with E-state index >= 15 is 0 Å². The number of nitro groups is 1. The summed E-state index contributed by atoms with van der Waals surface area (Å²) in [4.78, 5) is 41.0. The Bertz CT molecular complexity index is 1310. The Morgan fingerprint density at radius 1 is 1.12 bits per heavy atom. The molecule has 1 aliphatic rings. The van der Waals surface area contributed by atoms with Crippen molar-refractivity contribution in [2.24, 2.45) is 0 Å². The van der Waals surface area contributed by atoms with Crippen molar-refractivity contribution in [2.75, 3.05) is 7.11 Å². The predicted molar refractivity (Wildman–Crippen MR) is 127 cm³/mol. The number of hydrogen-bond donors (Lipinski definition) is 0. The van der Waals surface area contributed by atoms with Gasteiger partial charge in [0.05, 0.1) is 23.5 Å². The van der Waals surface area contributed by atoms with Crippen LogP contribution in [0.2, 0.25) is 0 Å². The Labute approximate surface area is 199 Å². The summed E-state index contributed by atoms with van der Waals surface area (Å²) in [5.41, 5.74) is 2.43. The quantitative estimate of drug-likeness (QED) is 0.255. The standard InChI is InChI=1S/C24H19N3O6S/c1-15-4-3-5-17(10-15)14-26-23(28)21(34-24(26)29)12-16-6-8-19(20(11-16)32-2)33-22-9-7-18(13-25-22)27(30)31/h3-13H,14H2,1-2H3/b21-12-. The summed E-state index contributed by atoms with van der Waals surface area (Å²) >= 11 is 0.885. The lowest BCUT2D eigenvalue weighted by Gasteiger charge is -2.13. The molecule has 2 aromatic carbocycles. The van der Waals surface area contributed by atoms with Crippen molar-refractivity contribution >= 4 is 34.7 Å². The van der Waals surface area contributed by atoms with Crippen molar-refractivity contribution in [3.05, 3.63) is 92.5 Å². The zero-order valence-corrected chi connectivity index (χ0v) is 19.1. The van der Waals surface area contributed by atoms with Crippen LogP contribution in [0.15, 0.2) is 65.7 Å². The van der Waals surface area contributed by atoms with Gasteiger partial charge in [-0.3, -0.25) is 24.6 Å². The van der Waals surface area contributed by atoms with Crippen LogP contribution >= 0.6 is 11.8 Å². The highest BCUT2D eigenvalue weighted by Crippen LogP contribution is 2.36. The number of rotatable bonds is 7. The fourth-order valence-electron chi connectivity index (χ4n) is 3.29. The monoisotopic (exact) mass is 477 g/mol. The van der Waals surface area contributed by atoms with Crippen molar-refractivity contribution in [1.29, 1.82) is 0 Å². The first-order valence-electron chi connectivity index (χ1n) is 10.1. The Kier molecular flexibility index (Phi) is 6.60. The second-order valence-electron chi connectivity index (χ2n) is 7.38. The molecule has 34 heavy (non-hydrogen) atoms. The number of nitrogens with zero attached hydrogens (tertiary/aromatic N) is 3. The molecule has 0 atom stereocenters. The molecule has 1 fully saturated rings. The first kappa shape index (κ1) is 23.0. The maximum atomic E-state index is 12.9. The molecule has 1 saturated heterocycles. The van der Waals surface area contributed by atoms with E-state index in [1.165, 1.54) is 24.1 Å². The largest absolute Gasteiger partial charge is 0.493 e. The minimum Gasteiger partial charge on any atom is -0.493 e. The third kappa shape index (κ3) is 5.07. The molecule has 2 heterocycles. The van der Waals surface area contributed by atoms with Gasteiger partial charge < -0.3 is 9.47 Å². The van der Waals surface area contributed by atoms with Gasteiger partial charge in [0, 0.05) is 12.1 Å². The van der Waals surface area contributed by atoms with E-state index < -0.39 is 4.92 Å². The molecule has 10 heteroatoms. The first-order chi connectivity index (χ1) is 16.3. The van der Waals surface area contributed by atoms with Gasteiger partial charge in [0.25, 0.3) is 16.8 Å². The smallest absolute Gasteiger partial charge is 0.293 e. The minimum atomic E-state index is -0.547. The molecule has 1 aliphatic heterocycles. The van der Waals surface area contributed by atoms with E-state index in [9.17, 15) is 19.7 Å². The highest BCUT2D eigenvalue weighted by atomic mass is 32.2. The minimum absolute atomic E-state index is 0.147. The maximum absolute atomic E-state index is 12.9. The molecular weight excluding hydrogens is 458 g/mol. The van der Waals surface area contributed by atoms with Crippen molar-refractivity contribution in [3.63, 3.8) is 0 Å². The van der Waals surface area contributed by atoms with E-state index in [0.29, 0.717) is 22.0 Å². The van der Waals surface area contributed by atoms with Crippen LogP contribution in [-0.2, 0) is 11.3 Å². The molecule has 2 amide bonds. The van der Waals surface area contributed by atoms with Gasteiger partial charge in [-0.25, -0.2) is 4.98 Å². The van der Waals surface area contributed by atoms with Gasteiger partial charge in [-0.2, -0.15) is 0 Å². The van der Waals surface area contributed by atoms with Crippen LogP contribution in [0.5, 0.6) is 17.4 Å². The number of hydrogen-bond acceptors (Lipinski definition) is 8. The highest BCUT2D eigenvalue weighted by molar-refractivity contribution is 8.18. The number of benzene rings is 2. The summed E-state index contributed by atoms with van der Waals surface area (Å²) in [6.45, 7) is 2.16. The van der Waals surface area contributed by atoms with Crippen LogP contribution in [0.25, 0.3) is 6.08 Å². The van der Waals surface area contributed by atoms with Gasteiger partial charge in [-0.1, -0.05) is 35.9 Å². The van der Waals surface area contributed by atoms with Gasteiger partial charge in [-0.15, -0.1) is 0 Å². The number of pyridine rings is 1. The number of carbonyl (C=O) groups excluding carboxylic acids is 2. The van der Waals surface area contributed by atoms with Gasteiger partial charge in [0.2, 0.25) is 5.88 Å². The van der Waals surface area contributed by atoms with Crippen LogP contribution in [0, 0.1) is 17.0 Å². The van der Waals surface area contributed by atoms with Gasteiger partial charge >= 0.3 is 0 Å². The summed E-state index contributed by atoms with van der Waals surface area (Å²) in [7, 11) is 1.46. The number of carbonyl (C=O) groups is 2. The average Bonchev–Trinajstić information content (AvgIpc) is 3.07. The summed E-state index contributed by atoms with van der Waals surface area (Å²) < 4.78 is 11.1. The molecule has 9 nitrogen and oxygen atoms in total. The van der Waals surface area contributed by atoms with Gasteiger partial charge in [0.1, 0.15) is 6.20 Å². The summed E-state index contributed by atoms with van der Waals surface area (Å²) in [6.07, 6.45) is 2.72. The molecule has 0 bridgehead atoms. The normalized spacial score (nSPS) is 14.5. The number of thioether (sulfide) groups is 1. The van der Waals surface area contributed by atoms with Crippen molar-refractivity contribution in [2.45, 2.75) is 13.5 Å². The lowest BCUT2D eigenvalue weighted by molar-refractivity contribution is -0.385.